The van der Waals surface area contributed by atoms with Crippen LogP contribution in [-0.2, 0) is 22.6 Å². The topological polar surface area (TPSA) is 48.1 Å². The molecule has 5 rings (SSSR count). The molecule has 1 N–H and O–H groups in total. The Labute approximate surface area is 262 Å². The number of rotatable bonds is 12. The van der Waals surface area contributed by atoms with E-state index >= 15 is 0 Å². The summed E-state index contributed by atoms with van der Waals surface area (Å²) in [5.41, 5.74) is 4.98. The van der Waals surface area contributed by atoms with Crippen LogP contribution in [0, 0.1) is 17.8 Å². The lowest BCUT2D eigenvalue weighted by molar-refractivity contribution is -0.109. The van der Waals surface area contributed by atoms with Crippen LogP contribution in [0.2, 0.25) is 10.0 Å². The number of methoxy groups -OCH3 is 1. The molecular weight excluding hydrogens is 567 g/mol. The number of carbonyl (C=O) groups excluding carboxylic acids is 1. The van der Waals surface area contributed by atoms with Crippen molar-refractivity contribution in [1.29, 1.82) is 0 Å². The van der Waals surface area contributed by atoms with E-state index < -0.39 is 0 Å². The average Bonchev–Trinajstić information content (AvgIpc) is 3.00. The fraction of sp³-hybridized carbons (Fsp3) is 0.618. The molecule has 0 atom stereocenters. The molecule has 1 amide bonds. The Hall–Kier alpha value is -1.67. The van der Waals surface area contributed by atoms with Gasteiger partial charge in [-0.3, -0.25) is 14.6 Å². The van der Waals surface area contributed by atoms with Crippen molar-refractivity contribution in [2.24, 2.45) is 17.8 Å². The lowest BCUT2D eigenvalue weighted by atomic mass is 9.78. The Morgan fingerprint density at radius 2 is 1.24 bits per heavy atom. The minimum Gasteiger partial charge on any atom is -0.383 e. The van der Waals surface area contributed by atoms with E-state index in [1.165, 1.54) is 68.6 Å². The zero-order valence-corrected chi connectivity index (χ0v) is 26.7. The molecule has 0 bridgehead atoms. The highest BCUT2D eigenvalue weighted by molar-refractivity contribution is 6.35. The molecule has 0 saturated carbocycles. The summed E-state index contributed by atoms with van der Waals surface area (Å²) >= 11 is 12.8. The number of likely N-dealkylation sites (tertiary alicyclic amines) is 3. The van der Waals surface area contributed by atoms with Crippen LogP contribution in [0.4, 0.5) is 0 Å². The van der Waals surface area contributed by atoms with Gasteiger partial charge in [0, 0.05) is 43.3 Å². The van der Waals surface area contributed by atoms with Gasteiger partial charge in [-0.15, -0.1) is 0 Å². The largest absolute Gasteiger partial charge is 0.383 e. The number of hydrogen-bond acceptors (Lipinski definition) is 5. The molecule has 0 radical (unpaired) electrons. The molecule has 3 saturated heterocycles. The smallest absolute Gasteiger partial charge is 0.207 e. The van der Waals surface area contributed by atoms with Gasteiger partial charge in [-0.1, -0.05) is 29.3 Å². The third-order valence-corrected chi connectivity index (χ3v) is 10.2. The van der Waals surface area contributed by atoms with Crippen molar-refractivity contribution in [3.63, 3.8) is 0 Å². The van der Waals surface area contributed by atoms with Crippen molar-refractivity contribution in [2.75, 3.05) is 66.1 Å². The maximum absolute atomic E-state index is 10.7. The number of benzene rings is 2. The Bertz CT molecular complexity index is 1120. The highest BCUT2D eigenvalue weighted by Crippen LogP contribution is 2.34. The first kappa shape index (κ1) is 31.7. The predicted octanol–water partition coefficient (Wildman–Crippen LogP) is 6.19. The fourth-order valence-corrected chi connectivity index (χ4v) is 7.89. The highest BCUT2D eigenvalue weighted by atomic mass is 35.5. The van der Waals surface area contributed by atoms with Gasteiger partial charge in [0.25, 0.3) is 0 Å². The van der Waals surface area contributed by atoms with Crippen LogP contribution in [0.3, 0.4) is 0 Å². The first-order valence-corrected chi connectivity index (χ1v) is 16.7. The third-order valence-electron chi connectivity index (χ3n) is 9.80. The van der Waals surface area contributed by atoms with Crippen LogP contribution in [-0.4, -0.2) is 87.2 Å². The quantitative estimate of drug-likeness (QED) is 0.289. The van der Waals surface area contributed by atoms with E-state index in [2.05, 4.69) is 38.2 Å². The van der Waals surface area contributed by atoms with Crippen molar-refractivity contribution in [1.82, 2.24) is 20.0 Å². The highest BCUT2D eigenvalue weighted by Gasteiger charge is 2.29. The van der Waals surface area contributed by atoms with Gasteiger partial charge in [0.15, 0.2) is 0 Å². The molecule has 2 aromatic rings. The van der Waals surface area contributed by atoms with E-state index in [-0.39, 0.29) is 0 Å². The summed E-state index contributed by atoms with van der Waals surface area (Å²) in [6, 6.07) is 12.9. The van der Waals surface area contributed by atoms with E-state index in [0.717, 1.165) is 82.5 Å². The van der Waals surface area contributed by atoms with E-state index in [1.54, 1.807) is 13.2 Å². The van der Waals surface area contributed by atoms with Gasteiger partial charge in [-0.2, -0.15) is 0 Å². The van der Waals surface area contributed by atoms with Crippen molar-refractivity contribution in [3.8, 4) is 11.1 Å². The average molecular weight is 616 g/mol. The minimum atomic E-state index is 0.577. The zero-order valence-electron chi connectivity index (χ0n) is 25.2. The molecule has 6 nitrogen and oxygen atoms in total. The number of hydrogen-bond donors (Lipinski definition) is 1. The van der Waals surface area contributed by atoms with E-state index in [1.807, 2.05) is 12.1 Å². The predicted molar refractivity (Wildman–Crippen MR) is 173 cm³/mol. The summed E-state index contributed by atoms with van der Waals surface area (Å²) in [7, 11) is 1.80. The summed E-state index contributed by atoms with van der Waals surface area (Å²) in [5, 5.41) is 4.20. The molecule has 0 aromatic heterocycles. The molecule has 3 heterocycles. The Kier molecular flexibility index (Phi) is 12.0. The summed E-state index contributed by atoms with van der Waals surface area (Å²) in [5.74, 6) is 2.32. The number of piperidine rings is 3. The standard InChI is InChI=1S/C34H48Cl2N4O2/c1-42-15-14-38-10-4-29(5-11-38)30-6-12-40(13-7-30)24-28-16-27(23-39-8-2-26(3-9-39)22-37-25-41)17-31(18-28)32-19-33(35)21-34(36)20-32/h16-21,25-26,29-30H,2-15,22-24H2,1H3,(H,37,41). The molecule has 0 unspecified atom stereocenters. The van der Waals surface area contributed by atoms with Gasteiger partial charge >= 0.3 is 0 Å². The molecule has 230 valence electrons. The number of amides is 1. The normalized spacial score (nSPS) is 20.6. The Balaban J connectivity index is 1.21. The molecule has 42 heavy (non-hydrogen) atoms. The van der Waals surface area contributed by atoms with Crippen LogP contribution in [0.1, 0.15) is 49.7 Å². The molecule has 8 heteroatoms. The summed E-state index contributed by atoms with van der Waals surface area (Å²) in [4.78, 5) is 18.5. The first-order valence-electron chi connectivity index (χ1n) is 15.9. The van der Waals surface area contributed by atoms with Crippen molar-refractivity contribution in [3.05, 3.63) is 57.6 Å². The van der Waals surface area contributed by atoms with Crippen LogP contribution in [0.15, 0.2) is 36.4 Å². The maximum atomic E-state index is 10.7. The second-order valence-electron chi connectivity index (χ2n) is 12.7. The number of nitrogens with one attached hydrogen (secondary N) is 1. The molecule has 2 aromatic carbocycles. The summed E-state index contributed by atoms with van der Waals surface area (Å²) in [6.07, 6.45) is 8.37. The monoisotopic (exact) mass is 614 g/mol. The third kappa shape index (κ3) is 9.17. The Morgan fingerprint density at radius 1 is 0.738 bits per heavy atom. The summed E-state index contributed by atoms with van der Waals surface area (Å²) in [6.45, 7) is 11.6. The van der Waals surface area contributed by atoms with E-state index in [4.69, 9.17) is 27.9 Å². The van der Waals surface area contributed by atoms with Crippen molar-refractivity contribution < 1.29 is 9.53 Å². The summed E-state index contributed by atoms with van der Waals surface area (Å²) < 4.78 is 5.28. The lowest BCUT2D eigenvalue weighted by Crippen LogP contribution is -2.41. The van der Waals surface area contributed by atoms with Crippen molar-refractivity contribution in [2.45, 2.75) is 51.6 Å². The second-order valence-corrected chi connectivity index (χ2v) is 13.6. The number of nitrogens with zero attached hydrogens (tertiary/aromatic N) is 3. The van der Waals surface area contributed by atoms with Crippen LogP contribution in [0.25, 0.3) is 11.1 Å². The van der Waals surface area contributed by atoms with Crippen LogP contribution >= 0.6 is 23.2 Å². The molecule has 0 aliphatic carbocycles. The van der Waals surface area contributed by atoms with Gasteiger partial charge in [0.05, 0.1) is 6.61 Å². The van der Waals surface area contributed by atoms with Gasteiger partial charge in [-0.25, -0.2) is 0 Å². The number of halogens is 2. The van der Waals surface area contributed by atoms with Gasteiger partial charge in [0.2, 0.25) is 6.41 Å². The van der Waals surface area contributed by atoms with Crippen molar-refractivity contribution >= 4 is 29.6 Å². The molecular formula is C34H48Cl2N4O2. The second kappa shape index (κ2) is 15.9. The SMILES string of the molecule is COCCN1CCC(C2CCN(Cc3cc(CN4CCC(CNC=O)CC4)cc(-c4cc(Cl)cc(Cl)c4)c3)CC2)CC1. The number of ether oxygens (including phenoxy) is 1. The van der Waals surface area contributed by atoms with Gasteiger partial charge in [-0.05, 0) is 148 Å². The maximum Gasteiger partial charge on any atom is 0.207 e. The molecule has 3 fully saturated rings. The first-order chi connectivity index (χ1) is 20.5. The molecule has 3 aliphatic rings. The lowest BCUT2D eigenvalue weighted by Gasteiger charge is -2.40. The van der Waals surface area contributed by atoms with Gasteiger partial charge in [0.1, 0.15) is 0 Å². The van der Waals surface area contributed by atoms with E-state index in [0.29, 0.717) is 16.0 Å². The zero-order chi connectivity index (χ0) is 29.3. The van der Waals surface area contributed by atoms with Crippen LogP contribution in [0.5, 0.6) is 0 Å². The molecule has 3 aliphatic heterocycles. The fourth-order valence-electron chi connectivity index (χ4n) is 7.36. The van der Waals surface area contributed by atoms with Crippen LogP contribution < -0.4 is 5.32 Å². The van der Waals surface area contributed by atoms with Gasteiger partial charge < -0.3 is 15.0 Å². The minimum absolute atomic E-state index is 0.577. The number of carbonyl (C=O) groups is 1. The molecule has 0 spiro atoms. The van der Waals surface area contributed by atoms with E-state index in [9.17, 15) is 4.79 Å². The Morgan fingerprint density at radius 3 is 1.76 bits per heavy atom.